The Kier molecular flexibility index (Phi) is 6.87. The molecule has 2 N–H and O–H groups in total. The molecule has 0 radical (unpaired) electrons. The molecule has 132 valence electrons. The molecule has 7 heteroatoms. The Morgan fingerprint density at radius 3 is 2.46 bits per heavy atom. The maximum absolute atomic E-state index is 11.8. The van der Waals surface area contributed by atoms with Gasteiger partial charge in [0, 0.05) is 18.5 Å². The van der Waals surface area contributed by atoms with E-state index in [0.717, 1.165) is 19.6 Å². The predicted molar refractivity (Wildman–Crippen MR) is 91.9 cm³/mol. The number of phenolic OH excluding ortho intramolecular Hbond substituents is 1. The zero-order chi connectivity index (χ0) is 17.4. The van der Waals surface area contributed by atoms with Crippen molar-refractivity contribution < 1.29 is 19.4 Å². The first kappa shape index (κ1) is 18.1. The lowest BCUT2D eigenvalue weighted by Crippen LogP contribution is -2.33. The summed E-state index contributed by atoms with van der Waals surface area (Å²) in [6.07, 6.45) is 5.63. The largest absolute Gasteiger partial charge is 0.502 e. The first-order valence-electron chi connectivity index (χ1n) is 8.13. The highest BCUT2D eigenvalue weighted by Crippen LogP contribution is 2.36. The first-order chi connectivity index (χ1) is 11.6. The number of amides is 1. The summed E-state index contributed by atoms with van der Waals surface area (Å²) in [7, 11) is 2.91. The fourth-order valence-electron chi connectivity index (χ4n) is 2.67. The zero-order valence-corrected chi connectivity index (χ0v) is 14.2. The minimum Gasteiger partial charge on any atom is -0.502 e. The molecule has 0 aliphatic carbocycles. The van der Waals surface area contributed by atoms with E-state index < -0.39 is 0 Å². The van der Waals surface area contributed by atoms with Crippen molar-refractivity contribution in [3.63, 3.8) is 0 Å². The van der Waals surface area contributed by atoms with Gasteiger partial charge < -0.3 is 19.5 Å². The summed E-state index contributed by atoms with van der Waals surface area (Å²) in [5, 5.41) is 13.8. The molecule has 2 rings (SSSR count). The number of methoxy groups -OCH3 is 2. The van der Waals surface area contributed by atoms with E-state index in [1.54, 1.807) is 12.1 Å². The molecule has 1 amide bonds. The number of likely N-dealkylation sites (tertiary alicyclic amines) is 1. The van der Waals surface area contributed by atoms with Crippen LogP contribution in [0, 0.1) is 0 Å². The Hall–Kier alpha value is -2.28. The number of hydrazone groups is 1. The van der Waals surface area contributed by atoms with Gasteiger partial charge in [-0.2, -0.15) is 5.10 Å². The Balaban J connectivity index is 1.85. The SMILES string of the molecule is COc1cc(/C=N/NC(=O)CCN2CCCCC2)cc(OC)c1O. The molecular formula is C17H25N3O4. The average molecular weight is 335 g/mol. The maximum Gasteiger partial charge on any atom is 0.241 e. The number of hydrogen-bond donors (Lipinski definition) is 2. The quantitative estimate of drug-likeness (QED) is 0.586. The molecule has 24 heavy (non-hydrogen) atoms. The van der Waals surface area contributed by atoms with Crippen LogP contribution in [0.15, 0.2) is 17.2 Å². The molecule has 0 spiro atoms. The Morgan fingerprint density at radius 1 is 1.25 bits per heavy atom. The molecule has 0 saturated carbocycles. The van der Waals surface area contributed by atoms with E-state index in [0.29, 0.717) is 12.0 Å². The zero-order valence-electron chi connectivity index (χ0n) is 14.2. The second-order valence-electron chi connectivity index (χ2n) is 5.72. The van der Waals surface area contributed by atoms with Crippen LogP contribution in [-0.2, 0) is 4.79 Å². The van der Waals surface area contributed by atoms with Crippen molar-refractivity contribution in [2.45, 2.75) is 25.7 Å². The lowest BCUT2D eigenvalue weighted by Gasteiger charge is -2.25. The van der Waals surface area contributed by atoms with Crippen molar-refractivity contribution >= 4 is 12.1 Å². The number of carbonyl (C=O) groups is 1. The number of aromatic hydroxyl groups is 1. The third-order valence-electron chi connectivity index (χ3n) is 4.01. The molecule has 0 atom stereocenters. The molecule has 1 heterocycles. The van der Waals surface area contributed by atoms with Gasteiger partial charge in [-0.1, -0.05) is 6.42 Å². The Bertz CT molecular complexity index is 558. The third-order valence-corrected chi connectivity index (χ3v) is 4.01. The number of benzene rings is 1. The van der Waals surface area contributed by atoms with E-state index in [1.807, 2.05) is 0 Å². The number of nitrogens with one attached hydrogen (secondary N) is 1. The first-order valence-corrected chi connectivity index (χ1v) is 8.13. The summed E-state index contributed by atoms with van der Waals surface area (Å²) in [5.41, 5.74) is 3.17. The molecule has 1 aromatic carbocycles. The number of hydrogen-bond acceptors (Lipinski definition) is 6. The summed E-state index contributed by atoms with van der Waals surface area (Å²) in [6, 6.07) is 3.22. The molecule has 0 bridgehead atoms. The van der Waals surface area contributed by atoms with Crippen molar-refractivity contribution in [3.8, 4) is 17.2 Å². The number of piperidine rings is 1. The predicted octanol–water partition coefficient (Wildman–Crippen LogP) is 1.74. The standard InChI is InChI=1S/C17H25N3O4/c1-23-14-10-13(11-15(24-2)17(14)22)12-18-19-16(21)6-9-20-7-4-3-5-8-20/h10-12,22H,3-9H2,1-2H3,(H,19,21)/b18-12+. The van der Waals surface area contributed by atoms with Crippen LogP contribution < -0.4 is 14.9 Å². The molecule has 7 nitrogen and oxygen atoms in total. The van der Waals surface area contributed by atoms with E-state index in [-0.39, 0.29) is 23.2 Å². The van der Waals surface area contributed by atoms with Crippen LogP contribution in [0.25, 0.3) is 0 Å². The van der Waals surface area contributed by atoms with Gasteiger partial charge >= 0.3 is 0 Å². The van der Waals surface area contributed by atoms with Crippen molar-refractivity contribution in [3.05, 3.63) is 17.7 Å². The third kappa shape index (κ3) is 5.13. The molecular weight excluding hydrogens is 310 g/mol. The summed E-state index contributed by atoms with van der Waals surface area (Å²) >= 11 is 0. The van der Waals surface area contributed by atoms with Crippen molar-refractivity contribution in [2.24, 2.45) is 5.10 Å². The van der Waals surface area contributed by atoms with Gasteiger partial charge in [-0.25, -0.2) is 5.43 Å². The number of rotatable bonds is 7. The van der Waals surface area contributed by atoms with E-state index in [9.17, 15) is 9.90 Å². The fourth-order valence-corrected chi connectivity index (χ4v) is 2.67. The normalized spacial score (nSPS) is 15.4. The summed E-state index contributed by atoms with van der Waals surface area (Å²) in [4.78, 5) is 14.1. The minimum absolute atomic E-state index is 0.0669. The van der Waals surface area contributed by atoms with Crippen LogP contribution in [0.1, 0.15) is 31.2 Å². The fraction of sp³-hybridized carbons (Fsp3) is 0.529. The Labute approximate surface area is 142 Å². The molecule has 0 aromatic heterocycles. The highest BCUT2D eigenvalue weighted by atomic mass is 16.5. The topological polar surface area (TPSA) is 83.4 Å². The van der Waals surface area contributed by atoms with E-state index in [1.165, 1.54) is 39.7 Å². The van der Waals surface area contributed by atoms with Crippen molar-refractivity contribution in [1.82, 2.24) is 10.3 Å². The molecule has 1 aromatic rings. The maximum atomic E-state index is 11.8. The van der Waals surface area contributed by atoms with Crippen LogP contribution in [-0.4, -0.2) is 56.0 Å². The lowest BCUT2D eigenvalue weighted by atomic mass is 10.1. The van der Waals surface area contributed by atoms with Gasteiger partial charge in [-0.05, 0) is 38.1 Å². The number of nitrogens with zero attached hydrogens (tertiary/aromatic N) is 2. The lowest BCUT2D eigenvalue weighted by molar-refractivity contribution is -0.121. The van der Waals surface area contributed by atoms with Gasteiger partial charge in [-0.3, -0.25) is 4.79 Å². The van der Waals surface area contributed by atoms with Crippen LogP contribution >= 0.6 is 0 Å². The van der Waals surface area contributed by atoms with E-state index in [2.05, 4.69) is 15.4 Å². The second-order valence-corrected chi connectivity index (χ2v) is 5.72. The summed E-state index contributed by atoms with van der Waals surface area (Å²) < 4.78 is 10.2. The van der Waals surface area contributed by atoms with Gasteiger partial charge in [0.05, 0.1) is 20.4 Å². The van der Waals surface area contributed by atoms with Gasteiger partial charge in [0.1, 0.15) is 0 Å². The smallest absolute Gasteiger partial charge is 0.241 e. The van der Waals surface area contributed by atoms with Gasteiger partial charge in [-0.15, -0.1) is 0 Å². The molecule has 1 fully saturated rings. The van der Waals surface area contributed by atoms with Crippen LogP contribution in [0.2, 0.25) is 0 Å². The monoisotopic (exact) mass is 335 g/mol. The minimum atomic E-state index is -0.116. The molecule has 1 aliphatic heterocycles. The summed E-state index contributed by atoms with van der Waals surface area (Å²) in [5.74, 6) is 0.386. The van der Waals surface area contributed by atoms with E-state index >= 15 is 0 Å². The second kappa shape index (κ2) is 9.12. The molecule has 0 unspecified atom stereocenters. The highest BCUT2D eigenvalue weighted by molar-refractivity contribution is 5.84. The number of carbonyl (C=O) groups excluding carboxylic acids is 1. The van der Waals surface area contributed by atoms with E-state index in [4.69, 9.17) is 9.47 Å². The Morgan fingerprint density at radius 2 is 1.88 bits per heavy atom. The molecule has 1 saturated heterocycles. The average Bonchev–Trinajstić information content (AvgIpc) is 2.62. The number of phenols is 1. The van der Waals surface area contributed by atoms with Gasteiger partial charge in [0.25, 0.3) is 0 Å². The van der Waals surface area contributed by atoms with Crippen LogP contribution in [0.4, 0.5) is 0 Å². The van der Waals surface area contributed by atoms with Crippen molar-refractivity contribution in [1.29, 1.82) is 0 Å². The van der Waals surface area contributed by atoms with Crippen LogP contribution in [0.3, 0.4) is 0 Å². The van der Waals surface area contributed by atoms with Crippen LogP contribution in [0.5, 0.6) is 17.2 Å². The number of ether oxygens (including phenoxy) is 2. The summed E-state index contributed by atoms with van der Waals surface area (Å²) in [6.45, 7) is 2.91. The molecule has 1 aliphatic rings. The van der Waals surface area contributed by atoms with Crippen molar-refractivity contribution in [2.75, 3.05) is 33.9 Å². The van der Waals surface area contributed by atoms with Gasteiger partial charge in [0.15, 0.2) is 11.5 Å². The highest BCUT2D eigenvalue weighted by Gasteiger charge is 2.12. The van der Waals surface area contributed by atoms with Gasteiger partial charge in [0.2, 0.25) is 11.7 Å².